The molecule has 7 nitrogen and oxygen atoms in total. The fourth-order valence-electron chi connectivity index (χ4n) is 3.42. The summed E-state index contributed by atoms with van der Waals surface area (Å²) in [5, 5.41) is 13.0. The van der Waals surface area contributed by atoms with E-state index in [4.69, 9.17) is 21.3 Å². The van der Waals surface area contributed by atoms with Crippen molar-refractivity contribution in [1.29, 1.82) is 0 Å². The van der Waals surface area contributed by atoms with Crippen molar-refractivity contribution in [3.8, 4) is 0 Å². The van der Waals surface area contributed by atoms with E-state index in [2.05, 4.69) is 40.0 Å². The molecule has 0 saturated carbocycles. The van der Waals surface area contributed by atoms with E-state index in [1.54, 1.807) is 19.3 Å². The second-order valence-electron chi connectivity index (χ2n) is 7.91. The quantitative estimate of drug-likeness (QED) is 0.294. The molecule has 0 aliphatic carbocycles. The van der Waals surface area contributed by atoms with Gasteiger partial charge in [-0.15, -0.1) is 6.58 Å². The van der Waals surface area contributed by atoms with E-state index >= 15 is 0 Å². The number of amides is 2. The van der Waals surface area contributed by atoms with Crippen molar-refractivity contribution < 1.29 is 9.53 Å². The van der Waals surface area contributed by atoms with E-state index < -0.39 is 0 Å². The smallest absolute Gasteiger partial charge is 0.319 e. The zero-order chi connectivity index (χ0) is 25.6. The minimum atomic E-state index is -0.263. The van der Waals surface area contributed by atoms with E-state index in [0.717, 1.165) is 35.5 Å². The minimum Gasteiger partial charge on any atom is -0.383 e. The molecule has 188 valence electrons. The molecule has 1 aliphatic heterocycles. The maximum Gasteiger partial charge on any atom is 0.319 e. The number of aryl methyl sites for hydroxylation is 2. The molecule has 0 radical (unpaired) electrons. The van der Waals surface area contributed by atoms with Gasteiger partial charge in [0, 0.05) is 30.7 Å². The number of nitrogens with zero attached hydrogens (tertiary/aromatic N) is 1. The van der Waals surface area contributed by atoms with Crippen LogP contribution in [0.5, 0.6) is 0 Å². The number of benzene rings is 2. The summed E-state index contributed by atoms with van der Waals surface area (Å²) in [6.07, 6.45) is 4.96. The van der Waals surface area contributed by atoms with E-state index in [9.17, 15) is 4.79 Å². The summed E-state index contributed by atoms with van der Waals surface area (Å²) in [6, 6.07) is 13.9. The molecule has 8 heteroatoms. The molecule has 1 heterocycles. The van der Waals surface area contributed by atoms with Crippen molar-refractivity contribution in [1.82, 2.24) is 5.32 Å². The third-order valence-corrected chi connectivity index (χ3v) is 5.39. The number of allylic oxidation sites excluding steroid dienone is 2. The molecule has 1 unspecified atom stereocenters. The van der Waals surface area contributed by atoms with Gasteiger partial charge in [0.25, 0.3) is 0 Å². The number of halogens is 1. The number of nitrogens with one attached hydrogen (secondary N) is 4. The first-order valence-corrected chi connectivity index (χ1v) is 12.0. The van der Waals surface area contributed by atoms with E-state index in [1.165, 1.54) is 5.56 Å². The fraction of sp³-hybridized carbons (Fsp3) is 0.333. The Balaban J connectivity index is 0.00000137. The van der Waals surface area contributed by atoms with Crippen LogP contribution in [0.15, 0.2) is 71.2 Å². The van der Waals surface area contributed by atoms with Crippen LogP contribution in [-0.2, 0) is 17.6 Å². The van der Waals surface area contributed by atoms with Gasteiger partial charge in [-0.25, -0.2) is 9.79 Å². The molecule has 2 amide bonds. The largest absolute Gasteiger partial charge is 0.383 e. The Bertz CT molecular complexity index is 1050. The van der Waals surface area contributed by atoms with E-state index in [-0.39, 0.29) is 12.2 Å². The first-order chi connectivity index (χ1) is 16.9. The summed E-state index contributed by atoms with van der Waals surface area (Å²) < 4.78 is 4.99. The van der Waals surface area contributed by atoms with Crippen molar-refractivity contribution in [2.75, 3.05) is 36.2 Å². The topological polar surface area (TPSA) is 86.8 Å². The van der Waals surface area contributed by atoms with E-state index in [1.807, 2.05) is 51.1 Å². The monoisotopic (exact) mass is 497 g/mol. The SMILES string of the molecule is C/C=C(Cl)\C1=N/C(C)Nc2cccc(c2)CCc2cc(ccc2NC(=O)NCCOC)N1.C=CC. The number of hydrogen-bond donors (Lipinski definition) is 4. The Kier molecular flexibility index (Phi) is 11.9. The number of hydrogen-bond acceptors (Lipinski definition) is 5. The van der Waals surface area contributed by atoms with Gasteiger partial charge in [0.05, 0.1) is 11.6 Å². The molecule has 0 fully saturated rings. The molecule has 4 N–H and O–H groups in total. The van der Waals surface area contributed by atoms with Gasteiger partial charge in [0.1, 0.15) is 12.0 Å². The number of amidine groups is 1. The molecule has 1 aliphatic rings. The molecule has 4 bridgehead atoms. The molecule has 3 rings (SSSR count). The van der Waals surface area contributed by atoms with E-state index in [0.29, 0.717) is 24.0 Å². The lowest BCUT2D eigenvalue weighted by atomic mass is 10.0. The highest BCUT2D eigenvalue weighted by Gasteiger charge is 2.13. The van der Waals surface area contributed by atoms with Gasteiger partial charge >= 0.3 is 6.03 Å². The fourth-order valence-corrected chi connectivity index (χ4v) is 3.52. The van der Waals surface area contributed by atoms with Crippen molar-refractivity contribution in [2.45, 2.75) is 39.8 Å². The Morgan fingerprint density at radius 2 is 2.00 bits per heavy atom. The lowest BCUT2D eigenvalue weighted by molar-refractivity contribution is 0.198. The summed E-state index contributed by atoms with van der Waals surface area (Å²) in [4.78, 5) is 17.0. The highest BCUT2D eigenvalue weighted by molar-refractivity contribution is 6.44. The van der Waals surface area contributed by atoms with Gasteiger partial charge in [-0.2, -0.15) is 0 Å². The molecule has 35 heavy (non-hydrogen) atoms. The van der Waals surface area contributed by atoms with Crippen molar-refractivity contribution >= 4 is 40.5 Å². The third kappa shape index (κ3) is 9.47. The maximum atomic E-state index is 12.3. The molecule has 0 spiro atoms. The normalized spacial score (nSPS) is 16.8. The Morgan fingerprint density at radius 1 is 1.23 bits per heavy atom. The number of rotatable bonds is 5. The number of fused-ring (bicyclic) bond motifs is 4. The van der Waals surface area contributed by atoms with Crippen LogP contribution in [0.3, 0.4) is 0 Å². The minimum absolute atomic E-state index is 0.182. The molecule has 0 saturated heterocycles. The van der Waals surface area contributed by atoms with Gasteiger partial charge in [0.2, 0.25) is 0 Å². The Labute approximate surface area is 213 Å². The van der Waals surface area contributed by atoms with Crippen LogP contribution < -0.4 is 21.3 Å². The van der Waals surface area contributed by atoms with Gasteiger partial charge < -0.3 is 26.0 Å². The predicted octanol–water partition coefficient (Wildman–Crippen LogP) is 6.16. The summed E-state index contributed by atoms with van der Waals surface area (Å²) >= 11 is 6.44. The first kappa shape index (κ1) is 28.0. The number of carbonyl (C=O) groups is 1. The van der Waals surface area contributed by atoms with Crippen LogP contribution in [0.4, 0.5) is 21.9 Å². The summed E-state index contributed by atoms with van der Waals surface area (Å²) in [6.45, 7) is 10.0. The number of urea groups is 1. The van der Waals surface area contributed by atoms with Gasteiger partial charge in [-0.3, -0.25) is 0 Å². The first-order valence-electron chi connectivity index (χ1n) is 11.7. The maximum absolute atomic E-state index is 12.3. The third-order valence-electron chi connectivity index (χ3n) is 5.00. The lowest BCUT2D eigenvalue weighted by Crippen LogP contribution is -2.31. The van der Waals surface area contributed by atoms with Crippen LogP contribution in [0.2, 0.25) is 0 Å². The lowest BCUT2D eigenvalue weighted by Gasteiger charge is -2.16. The number of aliphatic imine (C=N–C) groups is 1. The summed E-state index contributed by atoms with van der Waals surface area (Å²) in [5.41, 5.74) is 4.82. The summed E-state index contributed by atoms with van der Waals surface area (Å²) in [5.74, 6) is 0.577. The molecular formula is C27H36ClN5O2. The number of methoxy groups -OCH3 is 1. The Morgan fingerprint density at radius 3 is 2.71 bits per heavy atom. The highest BCUT2D eigenvalue weighted by Crippen LogP contribution is 2.25. The summed E-state index contributed by atoms with van der Waals surface area (Å²) in [7, 11) is 1.60. The van der Waals surface area contributed by atoms with Crippen LogP contribution in [-0.4, -0.2) is 38.3 Å². The number of anilines is 3. The van der Waals surface area contributed by atoms with Gasteiger partial charge in [0.15, 0.2) is 0 Å². The van der Waals surface area contributed by atoms with Crippen LogP contribution in [0.25, 0.3) is 0 Å². The molecule has 1 atom stereocenters. The highest BCUT2D eigenvalue weighted by atomic mass is 35.5. The standard InChI is InChI=1S/C24H30ClN5O2.C3H6/c1-4-21(25)23-28-16(2)27-19-7-5-6-17(14-19)8-9-18-15-20(29-23)10-11-22(18)30-24(31)26-12-13-32-3;1-3-2/h4-7,10-11,14-16,27H,8-9,12-13H2,1-3H3,(H,28,29)(H2,26,30,31);3H,1H2,2H3/b21-4+;. The Hall–Kier alpha value is -3.29. The second-order valence-corrected chi connectivity index (χ2v) is 8.32. The second kappa shape index (κ2) is 14.9. The molecule has 0 aromatic heterocycles. The van der Waals surface area contributed by atoms with Crippen molar-refractivity contribution in [3.05, 3.63) is 77.4 Å². The van der Waals surface area contributed by atoms with Gasteiger partial charge in [-0.1, -0.05) is 35.9 Å². The van der Waals surface area contributed by atoms with Crippen molar-refractivity contribution in [3.63, 3.8) is 0 Å². The van der Waals surface area contributed by atoms with Gasteiger partial charge in [-0.05, 0) is 75.1 Å². The number of ether oxygens (including phenoxy) is 1. The van der Waals surface area contributed by atoms with Crippen molar-refractivity contribution in [2.24, 2.45) is 4.99 Å². The molecular weight excluding hydrogens is 462 g/mol. The molecule has 2 aromatic carbocycles. The number of carbonyl (C=O) groups excluding carboxylic acids is 1. The zero-order valence-electron chi connectivity index (χ0n) is 21.0. The molecule has 2 aromatic rings. The van der Waals surface area contributed by atoms with Crippen LogP contribution >= 0.6 is 11.6 Å². The zero-order valence-corrected chi connectivity index (χ0v) is 21.7. The predicted molar refractivity (Wildman–Crippen MR) is 149 cm³/mol. The van der Waals surface area contributed by atoms with Crippen LogP contribution in [0, 0.1) is 0 Å². The average Bonchev–Trinajstić information content (AvgIpc) is 2.84. The average molecular weight is 498 g/mol. The van der Waals surface area contributed by atoms with Crippen LogP contribution in [0.1, 0.15) is 31.9 Å².